The topological polar surface area (TPSA) is 64.3 Å². The van der Waals surface area contributed by atoms with Crippen molar-refractivity contribution >= 4 is 17.5 Å². The summed E-state index contributed by atoms with van der Waals surface area (Å²) in [5, 5.41) is 2.96. The molecule has 0 aliphatic carbocycles. The highest BCUT2D eigenvalue weighted by molar-refractivity contribution is 6.31. The Kier molecular flexibility index (Phi) is 5.34. The molecule has 0 spiro atoms. The van der Waals surface area contributed by atoms with Crippen LogP contribution in [0, 0.1) is 5.82 Å². The molecule has 0 saturated carbocycles. The van der Waals surface area contributed by atoms with E-state index in [9.17, 15) is 9.18 Å². The highest BCUT2D eigenvalue weighted by Crippen LogP contribution is 2.25. The molecule has 1 rings (SSSR count). The van der Waals surface area contributed by atoms with Gasteiger partial charge in [-0.2, -0.15) is 0 Å². The predicted octanol–water partition coefficient (Wildman–Crippen LogP) is 1.24. The number of methoxy groups -OCH3 is 1. The van der Waals surface area contributed by atoms with Gasteiger partial charge in [0.15, 0.2) is 0 Å². The molecule has 0 radical (unpaired) electrons. The zero-order valence-electron chi connectivity index (χ0n) is 9.37. The highest BCUT2D eigenvalue weighted by atomic mass is 35.5. The van der Waals surface area contributed by atoms with E-state index in [1.54, 1.807) is 0 Å². The number of carbonyl (C=O) groups is 1. The summed E-state index contributed by atoms with van der Waals surface area (Å²) in [5.74, 6) is -1.25. The van der Waals surface area contributed by atoms with Crippen LogP contribution in [0.15, 0.2) is 18.2 Å². The fourth-order valence-electron chi connectivity index (χ4n) is 1.44. The van der Waals surface area contributed by atoms with E-state index in [2.05, 4.69) is 5.32 Å². The number of hydrogen-bond donors (Lipinski definition) is 2. The SMILES string of the molecule is COCCNC(C(N)=O)c1c(F)cccc1Cl. The molecule has 94 valence electrons. The summed E-state index contributed by atoms with van der Waals surface area (Å²) in [5.41, 5.74) is 5.29. The number of halogens is 2. The second-order valence-corrected chi connectivity index (χ2v) is 3.82. The van der Waals surface area contributed by atoms with Crippen molar-refractivity contribution in [2.75, 3.05) is 20.3 Å². The summed E-state index contributed by atoms with van der Waals surface area (Å²) in [7, 11) is 1.52. The van der Waals surface area contributed by atoms with E-state index in [4.69, 9.17) is 22.1 Å². The second kappa shape index (κ2) is 6.54. The molecular weight excluding hydrogens is 247 g/mol. The monoisotopic (exact) mass is 260 g/mol. The van der Waals surface area contributed by atoms with E-state index in [1.807, 2.05) is 0 Å². The lowest BCUT2D eigenvalue weighted by atomic mass is 10.1. The van der Waals surface area contributed by atoms with Crippen LogP contribution in [0.25, 0.3) is 0 Å². The van der Waals surface area contributed by atoms with Gasteiger partial charge in [0.1, 0.15) is 11.9 Å². The van der Waals surface area contributed by atoms with Gasteiger partial charge in [-0.3, -0.25) is 10.1 Å². The van der Waals surface area contributed by atoms with Gasteiger partial charge in [-0.25, -0.2) is 4.39 Å². The average Bonchev–Trinajstić information content (AvgIpc) is 2.26. The molecule has 1 amide bonds. The number of benzene rings is 1. The normalized spacial score (nSPS) is 12.4. The lowest BCUT2D eigenvalue weighted by molar-refractivity contribution is -0.120. The van der Waals surface area contributed by atoms with Gasteiger partial charge >= 0.3 is 0 Å². The minimum atomic E-state index is -0.959. The number of carbonyl (C=O) groups excluding carboxylic acids is 1. The first kappa shape index (κ1) is 13.9. The molecule has 0 fully saturated rings. The van der Waals surface area contributed by atoms with Crippen LogP contribution < -0.4 is 11.1 Å². The van der Waals surface area contributed by atoms with Gasteiger partial charge in [-0.1, -0.05) is 17.7 Å². The lowest BCUT2D eigenvalue weighted by Crippen LogP contribution is -2.36. The first-order chi connectivity index (χ1) is 8.07. The molecule has 4 nitrogen and oxygen atoms in total. The molecule has 17 heavy (non-hydrogen) atoms. The maximum absolute atomic E-state index is 13.6. The molecule has 0 aromatic heterocycles. The summed E-state index contributed by atoms with van der Waals surface area (Å²) in [4.78, 5) is 11.3. The van der Waals surface area contributed by atoms with Crippen LogP contribution in [0.3, 0.4) is 0 Å². The molecule has 3 N–H and O–H groups in total. The molecule has 1 unspecified atom stereocenters. The van der Waals surface area contributed by atoms with Crippen LogP contribution in [0.5, 0.6) is 0 Å². The molecule has 6 heteroatoms. The van der Waals surface area contributed by atoms with Crippen LogP contribution in [-0.4, -0.2) is 26.2 Å². The number of ether oxygens (including phenoxy) is 1. The molecule has 0 aliphatic rings. The first-order valence-corrected chi connectivity index (χ1v) is 5.41. The van der Waals surface area contributed by atoms with Crippen molar-refractivity contribution in [3.05, 3.63) is 34.6 Å². The van der Waals surface area contributed by atoms with Gasteiger partial charge < -0.3 is 10.5 Å². The van der Waals surface area contributed by atoms with E-state index in [1.165, 1.54) is 25.3 Å². The number of nitrogens with one attached hydrogen (secondary N) is 1. The molecule has 0 bridgehead atoms. The standard InChI is InChI=1S/C11H14ClFN2O2/c1-17-6-5-15-10(11(14)16)9-7(12)3-2-4-8(9)13/h2-4,10,15H,5-6H2,1H3,(H2,14,16). The van der Waals surface area contributed by atoms with Gasteiger partial charge in [0, 0.05) is 24.2 Å². The Morgan fingerprint density at radius 1 is 1.65 bits per heavy atom. The zero-order valence-corrected chi connectivity index (χ0v) is 10.1. The number of hydrogen-bond acceptors (Lipinski definition) is 3. The van der Waals surface area contributed by atoms with Gasteiger partial charge in [0.05, 0.1) is 6.61 Å². The fourth-order valence-corrected chi connectivity index (χ4v) is 1.71. The Hall–Kier alpha value is -1.17. The Balaban J connectivity index is 2.93. The Morgan fingerprint density at radius 3 is 2.88 bits per heavy atom. The predicted molar refractivity (Wildman–Crippen MR) is 63.2 cm³/mol. The average molecular weight is 261 g/mol. The summed E-state index contributed by atoms with van der Waals surface area (Å²) in [6.07, 6.45) is 0. The molecule has 1 aromatic carbocycles. The number of nitrogens with two attached hydrogens (primary N) is 1. The lowest BCUT2D eigenvalue weighted by Gasteiger charge is -2.17. The van der Waals surface area contributed by atoms with E-state index < -0.39 is 17.8 Å². The first-order valence-electron chi connectivity index (χ1n) is 5.03. The fraction of sp³-hybridized carbons (Fsp3) is 0.364. The van der Waals surface area contributed by atoms with Crippen LogP contribution >= 0.6 is 11.6 Å². The Bertz CT molecular complexity index is 381. The minimum absolute atomic E-state index is 0.0674. The quantitative estimate of drug-likeness (QED) is 0.757. The van der Waals surface area contributed by atoms with Crippen LogP contribution in [0.2, 0.25) is 5.02 Å². The minimum Gasteiger partial charge on any atom is -0.383 e. The van der Waals surface area contributed by atoms with E-state index in [-0.39, 0.29) is 10.6 Å². The maximum Gasteiger partial charge on any atom is 0.239 e. The summed E-state index contributed by atoms with van der Waals surface area (Å²) in [6.45, 7) is 0.755. The van der Waals surface area contributed by atoms with Crippen molar-refractivity contribution in [2.45, 2.75) is 6.04 Å². The van der Waals surface area contributed by atoms with Crippen LogP contribution in [0.4, 0.5) is 4.39 Å². The van der Waals surface area contributed by atoms with Crippen molar-refractivity contribution in [3.63, 3.8) is 0 Å². The molecule has 0 heterocycles. The molecule has 1 aromatic rings. The summed E-state index contributed by atoms with van der Waals surface area (Å²) >= 11 is 5.86. The van der Waals surface area contributed by atoms with Crippen molar-refractivity contribution in [1.82, 2.24) is 5.32 Å². The highest BCUT2D eigenvalue weighted by Gasteiger charge is 2.23. The third-order valence-electron chi connectivity index (χ3n) is 2.23. The van der Waals surface area contributed by atoms with Crippen molar-refractivity contribution < 1.29 is 13.9 Å². The van der Waals surface area contributed by atoms with Gasteiger partial charge in [0.2, 0.25) is 5.91 Å². The third-order valence-corrected chi connectivity index (χ3v) is 2.56. The summed E-state index contributed by atoms with van der Waals surface area (Å²) < 4.78 is 18.4. The molecule has 1 atom stereocenters. The Labute approximate surface area is 104 Å². The Morgan fingerprint density at radius 2 is 2.35 bits per heavy atom. The zero-order chi connectivity index (χ0) is 12.8. The van der Waals surface area contributed by atoms with Crippen molar-refractivity contribution in [2.24, 2.45) is 5.73 Å². The van der Waals surface area contributed by atoms with Gasteiger partial charge in [0.25, 0.3) is 0 Å². The van der Waals surface area contributed by atoms with Gasteiger partial charge in [-0.05, 0) is 12.1 Å². The van der Waals surface area contributed by atoms with E-state index in [0.717, 1.165) is 0 Å². The van der Waals surface area contributed by atoms with E-state index in [0.29, 0.717) is 13.2 Å². The number of rotatable bonds is 6. The maximum atomic E-state index is 13.6. The summed E-state index contributed by atoms with van der Waals surface area (Å²) in [6, 6.07) is 3.25. The van der Waals surface area contributed by atoms with Crippen molar-refractivity contribution in [3.8, 4) is 0 Å². The second-order valence-electron chi connectivity index (χ2n) is 3.42. The van der Waals surface area contributed by atoms with Crippen LogP contribution in [0.1, 0.15) is 11.6 Å². The third kappa shape index (κ3) is 3.66. The van der Waals surface area contributed by atoms with Crippen LogP contribution in [-0.2, 0) is 9.53 Å². The molecule has 0 saturated heterocycles. The van der Waals surface area contributed by atoms with E-state index >= 15 is 0 Å². The number of amides is 1. The molecular formula is C11H14ClFN2O2. The van der Waals surface area contributed by atoms with Gasteiger partial charge in [-0.15, -0.1) is 0 Å². The smallest absolute Gasteiger partial charge is 0.239 e. The van der Waals surface area contributed by atoms with Crippen molar-refractivity contribution in [1.29, 1.82) is 0 Å². The largest absolute Gasteiger partial charge is 0.383 e. The molecule has 0 aliphatic heterocycles. The number of primary amides is 1.